The average molecular weight is 542 g/mol. The molecule has 3 aromatic carbocycles. The summed E-state index contributed by atoms with van der Waals surface area (Å²) in [5.41, 5.74) is 0.997. The van der Waals surface area contributed by atoms with Gasteiger partial charge in [0.2, 0.25) is 0 Å². The molecule has 2 N–H and O–H groups in total. The van der Waals surface area contributed by atoms with E-state index in [1.165, 1.54) is 55.9 Å². The summed E-state index contributed by atoms with van der Waals surface area (Å²) in [5, 5.41) is 1.66. The van der Waals surface area contributed by atoms with Crippen molar-refractivity contribution in [2.24, 2.45) is 0 Å². The number of aromatic nitrogens is 2. The van der Waals surface area contributed by atoms with Gasteiger partial charge in [-0.2, -0.15) is 0 Å². The van der Waals surface area contributed by atoms with Crippen LogP contribution >= 0.6 is 11.3 Å². The van der Waals surface area contributed by atoms with Crippen LogP contribution in [0.5, 0.6) is 17.2 Å². The molecule has 37 heavy (non-hydrogen) atoms. The second-order valence-electron chi connectivity index (χ2n) is 7.73. The molecule has 0 spiro atoms. The predicted octanol–water partition coefficient (Wildman–Crippen LogP) is 5.53. The second kappa shape index (κ2) is 9.64. The molecule has 2 heterocycles. The first-order valence-electron chi connectivity index (χ1n) is 10.6. The van der Waals surface area contributed by atoms with Crippen molar-refractivity contribution in [2.75, 3.05) is 11.8 Å². The summed E-state index contributed by atoms with van der Waals surface area (Å²) in [6.45, 7) is 0. The zero-order valence-electron chi connectivity index (χ0n) is 19.0. The Morgan fingerprint density at radius 2 is 1.73 bits per heavy atom. The van der Waals surface area contributed by atoms with Gasteiger partial charge in [-0.3, -0.25) is 9.52 Å². The van der Waals surface area contributed by atoms with E-state index in [9.17, 15) is 22.0 Å². The SMILES string of the molecule is COc1ccc(S(=O)(=O)Nc2ccc(Oc3ccc(F)cc3F)c(-c3csc4c(=O)[nH]cnc34)c2)cc1. The molecule has 8 nitrogen and oxygen atoms in total. The normalized spacial score (nSPS) is 11.4. The Bertz CT molecular complexity index is 1780. The first-order chi connectivity index (χ1) is 17.7. The highest BCUT2D eigenvalue weighted by Gasteiger charge is 2.20. The fraction of sp³-hybridized carbons (Fsp3) is 0.0400. The zero-order valence-corrected chi connectivity index (χ0v) is 20.6. The lowest BCUT2D eigenvalue weighted by Crippen LogP contribution is -2.13. The Labute approximate surface area is 213 Å². The minimum atomic E-state index is -3.97. The number of nitrogens with zero attached hydrogens (tertiary/aromatic N) is 1. The number of methoxy groups -OCH3 is 1. The molecule has 0 radical (unpaired) electrons. The number of rotatable bonds is 7. The topological polar surface area (TPSA) is 110 Å². The largest absolute Gasteiger partial charge is 0.497 e. The minimum absolute atomic E-state index is 0.0118. The summed E-state index contributed by atoms with van der Waals surface area (Å²) in [6, 6.07) is 13.1. The highest BCUT2D eigenvalue weighted by Crippen LogP contribution is 2.40. The van der Waals surface area contributed by atoms with Crippen LogP contribution in [-0.2, 0) is 10.0 Å². The number of H-pyrrole nitrogens is 1. The van der Waals surface area contributed by atoms with Crippen molar-refractivity contribution < 1.29 is 26.7 Å². The van der Waals surface area contributed by atoms with Crippen LogP contribution in [0.2, 0.25) is 0 Å². The quantitative estimate of drug-likeness (QED) is 0.280. The summed E-state index contributed by atoms with van der Waals surface area (Å²) < 4.78 is 67.4. The van der Waals surface area contributed by atoms with E-state index in [4.69, 9.17) is 9.47 Å². The zero-order chi connectivity index (χ0) is 26.2. The maximum atomic E-state index is 14.3. The average Bonchev–Trinajstić information content (AvgIpc) is 3.32. The van der Waals surface area contributed by atoms with Crippen molar-refractivity contribution in [3.63, 3.8) is 0 Å². The Morgan fingerprint density at radius 3 is 2.46 bits per heavy atom. The highest BCUT2D eigenvalue weighted by atomic mass is 32.2. The minimum Gasteiger partial charge on any atom is -0.497 e. The molecule has 0 atom stereocenters. The van der Waals surface area contributed by atoms with E-state index in [1.807, 2.05) is 0 Å². The fourth-order valence-corrected chi connectivity index (χ4v) is 5.56. The molecule has 5 aromatic rings. The smallest absolute Gasteiger partial charge is 0.268 e. The number of ether oxygens (including phenoxy) is 2. The summed E-state index contributed by atoms with van der Waals surface area (Å²) in [7, 11) is -2.50. The second-order valence-corrected chi connectivity index (χ2v) is 10.3. The number of halogens is 2. The molecular formula is C25H17F2N3O5S2. The van der Waals surface area contributed by atoms with Crippen molar-refractivity contribution in [1.82, 2.24) is 9.97 Å². The molecule has 0 saturated heterocycles. The number of hydrogen-bond acceptors (Lipinski definition) is 7. The molecule has 0 aliphatic carbocycles. The molecule has 0 saturated carbocycles. The number of aromatic amines is 1. The van der Waals surface area contributed by atoms with Crippen molar-refractivity contribution in [3.05, 3.63) is 94.4 Å². The lowest BCUT2D eigenvalue weighted by Gasteiger charge is -2.15. The third kappa shape index (κ3) is 4.88. The van der Waals surface area contributed by atoms with Crippen molar-refractivity contribution >= 4 is 37.3 Å². The lowest BCUT2D eigenvalue weighted by molar-refractivity contribution is 0.414. The van der Waals surface area contributed by atoms with Crippen LogP contribution in [0.3, 0.4) is 0 Å². The van der Waals surface area contributed by atoms with Crippen LogP contribution in [0, 0.1) is 11.6 Å². The van der Waals surface area contributed by atoms with E-state index >= 15 is 0 Å². The Hall–Kier alpha value is -4.29. The van der Waals surface area contributed by atoms with Gasteiger partial charge in [0.1, 0.15) is 22.0 Å². The molecule has 0 unspecified atom stereocenters. The van der Waals surface area contributed by atoms with Gasteiger partial charge in [-0.15, -0.1) is 11.3 Å². The number of thiophene rings is 1. The molecule has 188 valence electrons. The molecule has 12 heteroatoms. The van der Waals surface area contributed by atoms with Gasteiger partial charge in [-0.1, -0.05) is 0 Å². The van der Waals surface area contributed by atoms with Gasteiger partial charge in [-0.25, -0.2) is 22.2 Å². The molecule has 0 amide bonds. The van der Waals surface area contributed by atoms with Crippen molar-refractivity contribution in [3.8, 4) is 28.4 Å². The highest BCUT2D eigenvalue weighted by molar-refractivity contribution is 7.92. The van der Waals surface area contributed by atoms with Gasteiger partial charge in [-0.05, 0) is 54.6 Å². The van der Waals surface area contributed by atoms with E-state index in [-0.39, 0.29) is 27.6 Å². The van der Waals surface area contributed by atoms with Gasteiger partial charge in [0.25, 0.3) is 15.6 Å². The summed E-state index contributed by atoms with van der Waals surface area (Å²) in [6.07, 6.45) is 1.25. The first kappa shape index (κ1) is 24.4. The number of benzene rings is 3. The molecule has 0 aliphatic rings. The van der Waals surface area contributed by atoms with Crippen molar-refractivity contribution in [1.29, 1.82) is 0 Å². The number of hydrogen-bond donors (Lipinski definition) is 2. The molecule has 0 aliphatic heterocycles. The molecule has 5 rings (SSSR count). The fourth-order valence-electron chi connectivity index (χ4n) is 3.59. The molecule has 0 bridgehead atoms. The maximum absolute atomic E-state index is 14.3. The third-order valence-corrected chi connectivity index (χ3v) is 7.73. The van der Waals surface area contributed by atoms with Crippen LogP contribution < -0.4 is 19.8 Å². The standard InChI is InChI=1S/C25H17F2N3O5S2/c1-34-16-4-6-17(7-5-16)37(32,33)30-15-3-9-21(35-22-8-2-14(26)10-20(22)27)18(11-15)19-12-36-24-23(19)28-13-29-25(24)31/h2-13,30H,1H3,(H,28,29,31). The third-order valence-electron chi connectivity index (χ3n) is 5.37. The number of sulfonamides is 1. The van der Waals surface area contributed by atoms with Crippen LogP contribution in [-0.4, -0.2) is 25.5 Å². The molecule has 2 aromatic heterocycles. The molecular weight excluding hydrogens is 524 g/mol. The number of fused-ring (bicyclic) bond motifs is 1. The van der Waals surface area contributed by atoms with Crippen LogP contribution in [0.25, 0.3) is 21.3 Å². The number of anilines is 1. The monoisotopic (exact) mass is 541 g/mol. The Kier molecular flexibility index (Phi) is 6.36. The predicted molar refractivity (Wildman–Crippen MR) is 136 cm³/mol. The summed E-state index contributed by atoms with van der Waals surface area (Å²) >= 11 is 1.14. The van der Waals surface area contributed by atoms with Gasteiger partial charge in [0, 0.05) is 28.3 Å². The number of nitrogens with one attached hydrogen (secondary N) is 2. The van der Waals surface area contributed by atoms with E-state index in [1.54, 1.807) is 5.38 Å². The summed E-state index contributed by atoms with van der Waals surface area (Å²) in [4.78, 5) is 19.0. The van der Waals surface area contributed by atoms with E-state index in [2.05, 4.69) is 14.7 Å². The van der Waals surface area contributed by atoms with Gasteiger partial charge >= 0.3 is 0 Å². The van der Waals surface area contributed by atoms with Crippen molar-refractivity contribution in [2.45, 2.75) is 4.90 Å². The lowest BCUT2D eigenvalue weighted by atomic mass is 10.1. The van der Waals surface area contributed by atoms with Gasteiger partial charge in [0.15, 0.2) is 11.6 Å². The van der Waals surface area contributed by atoms with E-state index < -0.39 is 21.7 Å². The Morgan fingerprint density at radius 1 is 0.973 bits per heavy atom. The van der Waals surface area contributed by atoms with Gasteiger partial charge in [0.05, 0.1) is 23.8 Å². The first-order valence-corrected chi connectivity index (χ1v) is 13.0. The molecule has 0 fully saturated rings. The van der Waals surface area contributed by atoms with E-state index in [0.717, 1.165) is 23.5 Å². The van der Waals surface area contributed by atoms with Crippen LogP contribution in [0.15, 0.2) is 82.1 Å². The maximum Gasteiger partial charge on any atom is 0.268 e. The summed E-state index contributed by atoms with van der Waals surface area (Å²) in [5.74, 6) is -1.28. The van der Waals surface area contributed by atoms with Crippen LogP contribution in [0.4, 0.5) is 14.5 Å². The Balaban J connectivity index is 1.60. The van der Waals surface area contributed by atoms with E-state index in [0.29, 0.717) is 33.2 Å². The van der Waals surface area contributed by atoms with Gasteiger partial charge < -0.3 is 14.5 Å². The van der Waals surface area contributed by atoms with Crippen LogP contribution in [0.1, 0.15) is 0 Å².